The van der Waals surface area contributed by atoms with Gasteiger partial charge in [-0.15, -0.1) is 0 Å². The summed E-state index contributed by atoms with van der Waals surface area (Å²) in [5.41, 5.74) is 0. The fourth-order valence-corrected chi connectivity index (χ4v) is 0. The van der Waals surface area contributed by atoms with Gasteiger partial charge in [-0.25, -0.2) is 4.79 Å². The molecule has 0 aliphatic heterocycles. The van der Waals surface area contributed by atoms with Gasteiger partial charge < -0.3 is 15.7 Å². The molecule has 32 valence electrons. The van der Waals surface area contributed by atoms with E-state index in [0.29, 0.717) is 0 Å². The Labute approximate surface area is 100 Å². The van der Waals surface area contributed by atoms with Crippen LogP contribution in [0.3, 0.4) is 0 Å². The zero-order valence-electron chi connectivity index (χ0n) is 3.63. The average Bonchev–Trinajstić information content (AvgIpc) is 0.811. The molecule has 0 fully saturated rings. The van der Waals surface area contributed by atoms with Crippen molar-refractivity contribution in [1.82, 2.24) is 0 Å². The largest absolute Gasteiger partial charge is 2.00 e. The Morgan fingerprint density at radius 1 is 1.14 bits per heavy atom. The molecule has 0 aromatic carbocycles. The van der Waals surface area contributed by atoms with Crippen molar-refractivity contribution >= 4 is 81.6 Å². The maximum absolute atomic E-state index is 8.56. The molecular weight excluding hydrogens is 156 g/mol. The molecule has 0 aliphatic carbocycles. The van der Waals surface area contributed by atoms with Crippen LogP contribution in [0.1, 0.15) is 0 Å². The van der Waals surface area contributed by atoms with Gasteiger partial charge >= 0.3 is 81.6 Å². The number of hydrogen-bond acceptors (Lipinski definition) is 1. The van der Waals surface area contributed by atoms with Crippen LogP contribution in [0.15, 0.2) is 0 Å². The van der Waals surface area contributed by atoms with Crippen molar-refractivity contribution in [3.05, 3.63) is 0 Å². The van der Waals surface area contributed by atoms with Gasteiger partial charge in [0.25, 0.3) is 0 Å². The van der Waals surface area contributed by atoms with Crippen LogP contribution in [-0.4, -0.2) is 91.8 Å². The molecule has 7 heavy (non-hydrogen) atoms. The molecule has 0 rings (SSSR count). The van der Waals surface area contributed by atoms with Crippen molar-refractivity contribution in [3.63, 3.8) is 0 Å². The van der Waals surface area contributed by atoms with E-state index < -0.39 is 6.16 Å². The minimum absolute atomic E-state index is 0. The van der Waals surface area contributed by atoms with Gasteiger partial charge in [0.2, 0.25) is 0 Å². The molecule has 0 bridgehead atoms. The summed E-state index contributed by atoms with van der Waals surface area (Å²) in [6, 6.07) is 0. The summed E-state index contributed by atoms with van der Waals surface area (Å²) < 4.78 is 0. The molecule has 0 heterocycles. The Morgan fingerprint density at radius 2 is 1.14 bits per heavy atom. The molecule has 0 atom stereocenters. The smallest absolute Gasteiger partial charge is 2.00 e. The third-order valence-corrected chi connectivity index (χ3v) is 0. The molecule has 0 spiro atoms. The number of carboxylic acid groups (broad SMARTS) is 2. The zero-order valence-corrected chi connectivity index (χ0v) is 8.04. The molecule has 0 aromatic heterocycles. The normalized spacial score (nSPS) is 3.43. The van der Waals surface area contributed by atoms with E-state index in [9.17, 15) is 0 Å². The van der Waals surface area contributed by atoms with E-state index in [2.05, 4.69) is 0 Å². The van der Waals surface area contributed by atoms with Crippen LogP contribution in [0.4, 0.5) is 4.79 Å². The quantitative estimate of drug-likeness (QED) is 0.459. The molecule has 0 saturated carbocycles. The van der Waals surface area contributed by atoms with Gasteiger partial charge in [0.1, 0.15) is 0 Å². The Hall–Kier alpha value is 1.75. The molecule has 0 saturated heterocycles. The third kappa shape index (κ3) is 83.7. The molecule has 6 heteroatoms. The first-order chi connectivity index (χ1) is 1.73. The minimum atomic E-state index is -1.83. The summed E-state index contributed by atoms with van der Waals surface area (Å²) in [5.74, 6) is 0. The van der Waals surface area contributed by atoms with Crippen molar-refractivity contribution in [3.8, 4) is 0 Å². The van der Waals surface area contributed by atoms with Crippen LogP contribution in [0.5, 0.6) is 0 Å². The van der Waals surface area contributed by atoms with Gasteiger partial charge in [-0.1, -0.05) is 0 Å². The maximum atomic E-state index is 8.56. The first-order valence-corrected chi connectivity index (χ1v) is 0.651. The van der Waals surface area contributed by atoms with E-state index >= 15 is 0 Å². The SMILES string of the molecule is O=C(O)O.[Ca+2].[Ca+2].[O-2]. The van der Waals surface area contributed by atoms with Crippen LogP contribution in [-0.2, 0) is 5.48 Å². The van der Waals surface area contributed by atoms with Crippen molar-refractivity contribution < 1.29 is 20.5 Å². The molecule has 0 radical (unpaired) electrons. The maximum Gasteiger partial charge on any atom is 2.00 e. The second-order valence-electron chi connectivity index (χ2n) is 0.283. The first-order valence-electron chi connectivity index (χ1n) is 0.651. The number of hydrogen-bond donors (Lipinski definition) is 2. The van der Waals surface area contributed by atoms with Crippen molar-refractivity contribution in [2.75, 3.05) is 0 Å². The minimum Gasteiger partial charge on any atom is -2.00 e. The van der Waals surface area contributed by atoms with Crippen LogP contribution in [0.25, 0.3) is 0 Å². The topological polar surface area (TPSA) is 86.0 Å². The summed E-state index contributed by atoms with van der Waals surface area (Å²) >= 11 is 0. The van der Waals surface area contributed by atoms with Gasteiger partial charge in [-0.05, 0) is 0 Å². The molecule has 0 aromatic rings. The monoisotopic (exact) mass is 158 g/mol. The first kappa shape index (κ1) is 23.3. The second-order valence-corrected chi connectivity index (χ2v) is 0.283. The molecule has 2 N–H and O–H groups in total. The predicted octanol–water partition coefficient (Wildman–Crippen LogP) is -0.658. The van der Waals surface area contributed by atoms with E-state index in [4.69, 9.17) is 15.0 Å². The predicted molar refractivity (Wildman–Crippen MR) is 22.8 cm³/mol. The van der Waals surface area contributed by atoms with Crippen molar-refractivity contribution in [2.45, 2.75) is 0 Å². The van der Waals surface area contributed by atoms with E-state index in [1.54, 1.807) is 0 Å². The summed E-state index contributed by atoms with van der Waals surface area (Å²) in [7, 11) is 0. The second kappa shape index (κ2) is 15.7. The van der Waals surface area contributed by atoms with Gasteiger partial charge in [0.15, 0.2) is 0 Å². The summed E-state index contributed by atoms with van der Waals surface area (Å²) in [6.07, 6.45) is -1.83. The van der Waals surface area contributed by atoms with E-state index in [1.807, 2.05) is 0 Å². The molecule has 0 unspecified atom stereocenters. The van der Waals surface area contributed by atoms with Gasteiger partial charge in [0.05, 0.1) is 0 Å². The summed E-state index contributed by atoms with van der Waals surface area (Å²) in [4.78, 5) is 8.56. The molecule has 0 amide bonds. The third-order valence-electron chi connectivity index (χ3n) is 0. The fraction of sp³-hybridized carbons (Fsp3) is 0. The van der Waals surface area contributed by atoms with E-state index in [0.717, 1.165) is 0 Å². The van der Waals surface area contributed by atoms with E-state index in [-0.39, 0.29) is 81.0 Å². The Bertz CT molecular complexity index is 32.7. The molecule has 0 aliphatic rings. The van der Waals surface area contributed by atoms with Crippen LogP contribution in [0.2, 0.25) is 0 Å². The Balaban J connectivity index is -0.0000000150. The Morgan fingerprint density at radius 3 is 1.14 bits per heavy atom. The van der Waals surface area contributed by atoms with Crippen LogP contribution in [0, 0.1) is 0 Å². The Kier molecular flexibility index (Phi) is 52.1. The fourth-order valence-electron chi connectivity index (χ4n) is 0. The van der Waals surface area contributed by atoms with Crippen molar-refractivity contribution in [1.29, 1.82) is 0 Å². The average molecular weight is 158 g/mol. The van der Waals surface area contributed by atoms with Crippen LogP contribution >= 0.6 is 0 Å². The number of rotatable bonds is 0. The summed E-state index contributed by atoms with van der Waals surface area (Å²) in [5, 5.41) is 13.9. The molecular formula is CH2Ca2O4+2. The van der Waals surface area contributed by atoms with Gasteiger partial charge in [-0.3, -0.25) is 0 Å². The van der Waals surface area contributed by atoms with Gasteiger partial charge in [0, 0.05) is 0 Å². The van der Waals surface area contributed by atoms with Gasteiger partial charge in [-0.2, -0.15) is 0 Å². The van der Waals surface area contributed by atoms with Crippen LogP contribution < -0.4 is 0 Å². The summed E-state index contributed by atoms with van der Waals surface area (Å²) in [6.45, 7) is 0. The molecule has 4 nitrogen and oxygen atoms in total. The van der Waals surface area contributed by atoms with Crippen molar-refractivity contribution in [2.24, 2.45) is 0 Å². The number of carbonyl (C=O) groups is 1. The zero-order chi connectivity index (χ0) is 3.58. The standard InChI is InChI=1S/CH2O3.2Ca.O/c2-1(3)4;;;/h(H2,2,3,4);;;/q;2*+2;-2. The van der Waals surface area contributed by atoms with E-state index in [1.165, 1.54) is 0 Å².